The van der Waals surface area contributed by atoms with Gasteiger partial charge in [-0.05, 0) is 47.7 Å². The Morgan fingerprint density at radius 3 is 2.81 bits per heavy atom. The van der Waals surface area contributed by atoms with Gasteiger partial charge in [-0.15, -0.1) is 0 Å². The Morgan fingerprint density at radius 1 is 1.14 bits per heavy atom. The van der Waals surface area contributed by atoms with Gasteiger partial charge in [-0.2, -0.15) is 0 Å². The van der Waals surface area contributed by atoms with Crippen molar-refractivity contribution in [1.29, 1.82) is 0 Å². The molecule has 1 aliphatic rings. The number of carbonyl (C=O) groups excluding carboxylic acids is 1. The summed E-state index contributed by atoms with van der Waals surface area (Å²) in [7, 11) is 0. The number of ether oxygens (including phenoxy) is 1. The van der Waals surface area contributed by atoms with Crippen molar-refractivity contribution in [3.8, 4) is 23.0 Å². The molecule has 2 aromatic carbocycles. The molecule has 0 amide bonds. The molecular weight excluding hydrogens is 260 g/mol. The number of benzene rings is 2. The van der Waals surface area contributed by atoms with E-state index in [-0.39, 0.29) is 12.4 Å². The molecule has 0 bridgehead atoms. The van der Waals surface area contributed by atoms with E-state index in [2.05, 4.69) is 48.2 Å². The van der Waals surface area contributed by atoms with Crippen molar-refractivity contribution in [2.24, 2.45) is 0 Å². The zero-order valence-corrected chi connectivity index (χ0v) is 12.0. The van der Waals surface area contributed by atoms with E-state index in [0.29, 0.717) is 6.61 Å². The smallest absolute Gasteiger partial charge is 0.317 e. The van der Waals surface area contributed by atoms with Crippen LogP contribution in [0.3, 0.4) is 0 Å². The van der Waals surface area contributed by atoms with Gasteiger partial charge in [0.2, 0.25) is 0 Å². The van der Waals surface area contributed by atoms with Gasteiger partial charge in [0, 0.05) is 5.56 Å². The third kappa shape index (κ3) is 2.83. The van der Waals surface area contributed by atoms with Crippen LogP contribution >= 0.6 is 0 Å². The van der Waals surface area contributed by atoms with Crippen LogP contribution in [0.4, 0.5) is 0 Å². The molecular formula is C19H16O2. The van der Waals surface area contributed by atoms with E-state index >= 15 is 0 Å². The Balaban J connectivity index is 1.78. The van der Waals surface area contributed by atoms with E-state index in [1.54, 1.807) is 6.92 Å². The van der Waals surface area contributed by atoms with Crippen LogP contribution in [0.1, 0.15) is 30.0 Å². The highest BCUT2D eigenvalue weighted by Crippen LogP contribution is 2.36. The summed E-state index contributed by atoms with van der Waals surface area (Å²) in [5, 5.41) is 0. The van der Waals surface area contributed by atoms with Crippen molar-refractivity contribution in [1.82, 2.24) is 0 Å². The third-order valence-electron chi connectivity index (χ3n) is 3.56. The maximum atomic E-state index is 11.2. The monoisotopic (exact) mass is 276 g/mol. The molecule has 0 saturated heterocycles. The van der Waals surface area contributed by atoms with Crippen LogP contribution in [0, 0.1) is 11.8 Å². The van der Waals surface area contributed by atoms with Crippen LogP contribution in [0.25, 0.3) is 11.1 Å². The Kier molecular flexibility index (Phi) is 3.75. The first-order chi connectivity index (χ1) is 10.3. The summed E-state index contributed by atoms with van der Waals surface area (Å²) in [5.41, 5.74) is 6.23. The summed E-state index contributed by atoms with van der Waals surface area (Å²) in [5.74, 6) is 5.65. The van der Waals surface area contributed by atoms with Gasteiger partial charge in [-0.1, -0.05) is 42.2 Å². The molecule has 2 nitrogen and oxygen atoms in total. The lowest BCUT2D eigenvalue weighted by Crippen LogP contribution is -2.01. The highest BCUT2D eigenvalue weighted by Gasteiger charge is 2.17. The van der Waals surface area contributed by atoms with E-state index < -0.39 is 0 Å². The third-order valence-corrected chi connectivity index (χ3v) is 3.56. The highest BCUT2D eigenvalue weighted by molar-refractivity contribution is 5.77. The molecule has 0 radical (unpaired) electrons. The number of hydrogen-bond acceptors (Lipinski definition) is 2. The summed E-state index contributed by atoms with van der Waals surface area (Å²) in [6, 6.07) is 14.7. The first-order valence-electron chi connectivity index (χ1n) is 7.13. The predicted molar refractivity (Wildman–Crippen MR) is 82.8 cm³/mol. The Hall–Kier alpha value is -2.53. The lowest BCUT2D eigenvalue weighted by Gasteiger charge is -2.00. The molecule has 0 saturated carbocycles. The molecule has 0 aliphatic heterocycles. The zero-order chi connectivity index (χ0) is 14.7. The van der Waals surface area contributed by atoms with Gasteiger partial charge in [-0.25, -0.2) is 0 Å². The SMILES string of the molecule is CCOC(=O)CC#Cc1ccc2c(c1)Cc1ccccc1-2. The molecule has 0 heterocycles. The topological polar surface area (TPSA) is 26.3 Å². The van der Waals surface area contributed by atoms with Gasteiger partial charge in [0.1, 0.15) is 6.42 Å². The highest BCUT2D eigenvalue weighted by atomic mass is 16.5. The van der Waals surface area contributed by atoms with Crippen molar-refractivity contribution in [2.75, 3.05) is 6.61 Å². The second kappa shape index (κ2) is 5.85. The van der Waals surface area contributed by atoms with Gasteiger partial charge in [0.05, 0.1) is 6.61 Å². The summed E-state index contributed by atoms with van der Waals surface area (Å²) >= 11 is 0. The van der Waals surface area contributed by atoms with E-state index in [4.69, 9.17) is 4.74 Å². The maximum absolute atomic E-state index is 11.2. The van der Waals surface area contributed by atoms with Gasteiger partial charge in [0.15, 0.2) is 0 Å². The van der Waals surface area contributed by atoms with Crippen LogP contribution < -0.4 is 0 Å². The zero-order valence-electron chi connectivity index (χ0n) is 12.0. The quantitative estimate of drug-likeness (QED) is 0.528. The fourth-order valence-electron chi connectivity index (χ4n) is 2.65. The van der Waals surface area contributed by atoms with Crippen LogP contribution in [-0.4, -0.2) is 12.6 Å². The summed E-state index contributed by atoms with van der Waals surface area (Å²) < 4.78 is 4.85. The van der Waals surface area contributed by atoms with E-state index in [1.165, 1.54) is 22.3 Å². The molecule has 0 atom stereocenters. The number of esters is 1. The molecule has 0 aromatic heterocycles. The average molecular weight is 276 g/mol. The Labute approximate surface area is 124 Å². The summed E-state index contributed by atoms with van der Waals surface area (Å²) in [6.45, 7) is 2.20. The van der Waals surface area contributed by atoms with Crippen LogP contribution in [-0.2, 0) is 16.0 Å². The van der Waals surface area contributed by atoms with Crippen LogP contribution in [0.5, 0.6) is 0 Å². The lowest BCUT2D eigenvalue weighted by molar-refractivity contribution is -0.141. The van der Waals surface area contributed by atoms with Crippen molar-refractivity contribution in [3.63, 3.8) is 0 Å². The molecule has 2 aromatic rings. The largest absolute Gasteiger partial charge is 0.465 e. The van der Waals surface area contributed by atoms with E-state index in [9.17, 15) is 4.79 Å². The van der Waals surface area contributed by atoms with E-state index in [0.717, 1.165) is 12.0 Å². The molecule has 0 fully saturated rings. The standard InChI is InChI=1S/C19H16O2/c1-2-21-19(20)9-5-6-14-10-11-18-16(12-14)13-15-7-3-4-8-17(15)18/h3-4,7-8,10-12H,2,9,13H2,1H3. The number of hydrogen-bond donors (Lipinski definition) is 0. The minimum atomic E-state index is -0.265. The van der Waals surface area contributed by atoms with E-state index in [1.807, 2.05) is 6.07 Å². The second-order valence-electron chi connectivity index (χ2n) is 4.99. The molecule has 3 rings (SSSR count). The van der Waals surface area contributed by atoms with Crippen molar-refractivity contribution >= 4 is 5.97 Å². The number of carbonyl (C=O) groups is 1. The average Bonchev–Trinajstić information content (AvgIpc) is 2.85. The fraction of sp³-hybridized carbons (Fsp3) is 0.211. The van der Waals surface area contributed by atoms with Crippen molar-refractivity contribution in [3.05, 3.63) is 59.2 Å². The molecule has 0 unspecified atom stereocenters. The van der Waals surface area contributed by atoms with Gasteiger partial charge in [-0.3, -0.25) is 4.79 Å². The Morgan fingerprint density at radius 2 is 1.95 bits per heavy atom. The fourth-order valence-corrected chi connectivity index (χ4v) is 2.65. The van der Waals surface area contributed by atoms with Gasteiger partial charge >= 0.3 is 5.97 Å². The van der Waals surface area contributed by atoms with Gasteiger partial charge in [0.25, 0.3) is 0 Å². The predicted octanol–water partition coefficient (Wildman–Crippen LogP) is 3.56. The van der Waals surface area contributed by atoms with Crippen LogP contribution in [0.2, 0.25) is 0 Å². The summed E-state index contributed by atoms with van der Waals surface area (Å²) in [4.78, 5) is 11.2. The van der Waals surface area contributed by atoms with Crippen LogP contribution in [0.15, 0.2) is 42.5 Å². The van der Waals surface area contributed by atoms with Gasteiger partial charge < -0.3 is 4.74 Å². The Bertz CT molecular complexity index is 748. The minimum absolute atomic E-state index is 0.144. The first-order valence-corrected chi connectivity index (χ1v) is 7.13. The lowest BCUT2D eigenvalue weighted by atomic mass is 10.0. The molecule has 21 heavy (non-hydrogen) atoms. The second-order valence-corrected chi connectivity index (χ2v) is 4.99. The van der Waals surface area contributed by atoms with Crippen molar-refractivity contribution < 1.29 is 9.53 Å². The summed E-state index contributed by atoms with van der Waals surface area (Å²) in [6.07, 6.45) is 1.10. The van der Waals surface area contributed by atoms with Crippen molar-refractivity contribution in [2.45, 2.75) is 19.8 Å². The number of rotatable bonds is 2. The molecule has 0 N–H and O–H groups in total. The molecule has 1 aliphatic carbocycles. The first kappa shape index (κ1) is 13.5. The minimum Gasteiger partial charge on any atom is -0.465 e. The molecule has 2 heteroatoms. The molecule has 104 valence electrons. The normalized spacial score (nSPS) is 11.1. The number of fused-ring (bicyclic) bond motifs is 3. The maximum Gasteiger partial charge on any atom is 0.317 e. The molecule has 0 spiro atoms.